The van der Waals surface area contributed by atoms with Crippen LogP contribution >= 0.6 is 0 Å². The average Bonchev–Trinajstić information content (AvgIpc) is 4.14. The van der Waals surface area contributed by atoms with Crippen molar-refractivity contribution in [2.75, 3.05) is 27.2 Å². The number of rotatable bonds is 13. The van der Waals surface area contributed by atoms with E-state index in [1.165, 1.54) is 14.2 Å². The Morgan fingerprint density at radius 1 is 0.818 bits per heavy atom. The molecule has 4 amide bonds. The summed E-state index contributed by atoms with van der Waals surface area (Å²) in [5, 5.41) is 16.4. The maximum absolute atomic E-state index is 15.9. The SMILES string of the molecule is COC(=O)N[C@H](C(=O)N1CCC[C@H]1c1nc2ccc([C@H]3CC[C@](c4ccc(OC(C)C)c(F)c4)(c4ccc5nc([C@@H]6CCCN6C(=O)[C@H](C(C)C)N(C)C(=O)O)[nH]c5c4)N3)cc2[nH]1)C(C)C. The third-order valence-corrected chi connectivity index (χ3v) is 13.6. The number of carbonyl (C=O) groups is 4. The van der Waals surface area contributed by atoms with E-state index in [2.05, 4.69) is 38.8 Å². The predicted molar refractivity (Wildman–Crippen MR) is 246 cm³/mol. The number of methoxy groups -OCH3 is 1. The van der Waals surface area contributed by atoms with E-state index in [1.807, 2.05) is 65.8 Å². The molecule has 5 heterocycles. The number of nitrogens with zero attached hydrogens (tertiary/aromatic N) is 5. The van der Waals surface area contributed by atoms with E-state index in [4.69, 9.17) is 19.4 Å². The highest BCUT2D eigenvalue weighted by Gasteiger charge is 2.44. The largest absolute Gasteiger partial charge is 0.488 e. The van der Waals surface area contributed by atoms with Gasteiger partial charge in [0, 0.05) is 26.2 Å². The van der Waals surface area contributed by atoms with Crippen LogP contribution in [0.3, 0.4) is 0 Å². The third kappa shape index (κ3) is 8.76. The number of halogens is 1. The number of likely N-dealkylation sites (tertiary alicyclic amines) is 2. The van der Waals surface area contributed by atoms with Gasteiger partial charge in [0.2, 0.25) is 11.8 Å². The number of nitrogens with one attached hydrogen (secondary N) is 4. The molecule has 2 aromatic heterocycles. The smallest absolute Gasteiger partial charge is 0.407 e. The van der Waals surface area contributed by atoms with Crippen molar-refractivity contribution in [3.8, 4) is 5.75 Å². The summed E-state index contributed by atoms with van der Waals surface area (Å²) < 4.78 is 26.5. The van der Waals surface area contributed by atoms with Crippen molar-refractivity contribution in [1.82, 2.24) is 45.3 Å². The molecule has 3 fully saturated rings. The number of hydrogen-bond donors (Lipinski definition) is 5. The molecule has 6 atom stereocenters. The fraction of sp³-hybridized carbons (Fsp3) is 0.510. The van der Waals surface area contributed by atoms with Crippen molar-refractivity contribution in [3.05, 3.63) is 88.8 Å². The van der Waals surface area contributed by atoms with Crippen LogP contribution < -0.4 is 15.4 Å². The van der Waals surface area contributed by atoms with E-state index < -0.39 is 35.6 Å². The molecule has 17 heteroatoms. The number of likely N-dealkylation sites (N-methyl/N-ethyl adjacent to an activating group) is 1. The van der Waals surface area contributed by atoms with Gasteiger partial charge in [-0.05, 0) is 117 Å². The number of fused-ring (bicyclic) bond motifs is 2. The van der Waals surface area contributed by atoms with E-state index in [1.54, 1.807) is 21.9 Å². The van der Waals surface area contributed by atoms with Crippen LogP contribution in [-0.4, -0.2) is 109 Å². The van der Waals surface area contributed by atoms with Crippen LogP contribution in [0.25, 0.3) is 22.1 Å². The lowest BCUT2D eigenvalue weighted by molar-refractivity contribution is -0.138. The van der Waals surface area contributed by atoms with Crippen molar-refractivity contribution in [3.63, 3.8) is 0 Å². The van der Waals surface area contributed by atoms with Crippen LogP contribution in [0.2, 0.25) is 0 Å². The Morgan fingerprint density at radius 2 is 1.41 bits per heavy atom. The summed E-state index contributed by atoms with van der Waals surface area (Å²) in [5.41, 5.74) is 4.92. The fourth-order valence-corrected chi connectivity index (χ4v) is 10.4. The zero-order valence-corrected chi connectivity index (χ0v) is 39.0. The number of H-pyrrole nitrogens is 2. The highest BCUT2D eigenvalue weighted by molar-refractivity contribution is 5.87. The van der Waals surface area contributed by atoms with Gasteiger partial charge in [0.1, 0.15) is 23.7 Å². The van der Waals surface area contributed by atoms with Crippen LogP contribution in [-0.2, 0) is 19.9 Å². The van der Waals surface area contributed by atoms with E-state index in [0.717, 1.165) is 69.3 Å². The molecular formula is C49H62FN9O7. The summed E-state index contributed by atoms with van der Waals surface area (Å²) in [6.07, 6.45) is 2.32. The second-order valence-electron chi connectivity index (χ2n) is 19.0. The van der Waals surface area contributed by atoms with Crippen molar-refractivity contribution in [2.45, 2.75) is 122 Å². The summed E-state index contributed by atoms with van der Waals surface area (Å²) in [4.78, 5) is 73.5. The number of aromatic amines is 2. The van der Waals surface area contributed by atoms with Gasteiger partial charge in [-0.2, -0.15) is 0 Å². The zero-order chi connectivity index (χ0) is 47.2. The van der Waals surface area contributed by atoms with Gasteiger partial charge < -0.3 is 39.7 Å². The van der Waals surface area contributed by atoms with Gasteiger partial charge >= 0.3 is 12.2 Å². The number of amides is 4. The first-order valence-electron chi connectivity index (χ1n) is 23.1. The minimum absolute atomic E-state index is 0.138. The van der Waals surface area contributed by atoms with E-state index >= 15 is 4.39 Å². The van der Waals surface area contributed by atoms with Gasteiger partial charge in [-0.15, -0.1) is 0 Å². The van der Waals surface area contributed by atoms with Crippen LogP contribution in [0.5, 0.6) is 5.75 Å². The number of alkyl carbamates (subject to hydrolysis) is 1. The number of hydrogen-bond acceptors (Lipinski definition) is 9. The summed E-state index contributed by atoms with van der Waals surface area (Å²) in [6, 6.07) is 15.0. The topological polar surface area (TPSA) is 198 Å². The Hall–Kier alpha value is -6.23. The molecule has 3 saturated heterocycles. The Morgan fingerprint density at radius 3 is 1.98 bits per heavy atom. The van der Waals surface area contributed by atoms with Crippen molar-refractivity contribution in [1.29, 1.82) is 0 Å². The molecule has 3 aliphatic rings. The molecule has 3 aliphatic heterocycles. The molecule has 8 rings (SSSR count). The number of carboxylic acid groups (broad SMARTS) is 1. The summed E-state index contributed by atoms with van der Waals surface area (Å²) >= 11 is 0. The van der Waals surface area contributed by atoms with Crippen LogP contribution in [0, 0.1) is 17.7 Å². The lowest BCUT2D eigenvalue weighted by Crippen LogP contribution is -2.51. The summed E-state index contributed by atoms with van der Waals surface area (Å²) in [5.74, 6) is 0.251. The minimum Gasteiger partial charge on any atom is -0.488 e. The standard InChI is InChI=1S/C49H62FN9O7/c1-26(2)41(55-47(62)65-8)45(60)58-21-9-11-38(58)43-51-34-16-13-29(23-36(34)53-43)33-19-20-49(56-33,30-15-18-40(32(50)24-30)66-28(5)6)31-14-17-35-37(25-31)54-44(52-35)39-12-10-22-59(39)46(61)42(27(3)4)57(7)48(63)64/h13-18,23-28,33,38-39,41-42,56H,9-12,19-22H2,1-8H3,(H,51,53)(H,52,54)(H,55,62)(H,63,64)/t33-,38+,39+,41+,42+,49+/m1/s1. The maximum Gasteiger partial charge on any atom is 0.407 e. The molecule has 5 aromatic rings. The number of carbonyl (C=O) groups excluding carboxylic acids is 3. The number of ether oxygens (including phenoxy) is 2. The average molecular weight is 908 g/mol. The summed E-state index contributed by atoms with van der Waals surface area (Å²) in [7, 11) is 2.72. The Kier molecular flexibility index (Phi) is 13.0. The molecular weight excluding hydrogens is 846 g/mol. The second-order valence-corrected chi connectivity index (χ2v) is 19.0. The molecule has 0 unspecified atom stereocenters. The third-order valence-electron chi connectivity index (χ3n) is 13.6. The first-order chi connectivity index (χ1) is 31.5. The Bertz CT molecular complexity index is 2630. The van der Waals surface area contributed by atoms with E-state index in [-0.39, 0.29) is 53.6 Å². The van der Waals surface area contributed by atoms with Gasteiger partial charge in [-0.3, -0.25) is 19.8 Å². The molecule has 16 nitrogen and oxygen atoms in total. The Labute approximate surface area is 384 Å². The molecule has 0 saturated carbocycles. The number of imidazole rings is 2. The predicted octanol–water partition coefficient (Wildman–Crippen LogP) is 8.08. The quantitative estimate of drug-likeness (QED) is 0.0770. The highest BCUT2D eigenvalue weighted by Crippen LogP contribution is 2.46. The van der Waals surface area contributed by atoms with Crippen molar-refractivity contribution < 1.29 is 38.1 Å². The maximum atomic E-state index is 15.9. The molecule has 5 N–H and O–H groups in total. The molecule has 352 valence electrons. The second kappa shape index (κ2) is 18.6. The molecule has 3 aromatic carbocycles. The number of aromatic nitrogens is 4. The first kappa shape index (κ1) is 46.3. The van der Waals surface area contributed by atoms with Crippen molar-refractivity contribution in [2.24, 2.45) is 11.8 Å². The highest BCUT2D eigenvalue weighted by atomic mass is 19.1. The fourth-order valence-electron chi connectivity index (χ4n) is 10.4. The first-order valence-corrected chi connectivity index (χ1v) is 23.1. The van der Waals surface area contributed by atoms with Gasteiger partial charge in [0.05, 0.1) is 52.9 Å². The van der Waals surface area contributed by atoms with Gasteiger partial charge in [-0.25, -0.2) is 23.9 Å². The van der Waals surface area contributed by atoms with Crippen LogP contribution in [0.1, 0.15) is 127 Å². The zero-order valence-electron chi connectivity index (χ0n) is 39.0. The van der Waals surface area contributed by atoms with Crippen LogP contribution in [0.15, 0.2) is 54.6 Å². The molecule has 0 radical (unpaired) electrons. The molecule has 0 aliphatic carbocycles. The Balaban J connectivity index is 1.10. The molecule has 0 bridgehead atoms. The van der Waals surface area contributed by atoms with E-state index in [9.17, 15) is 24.3 Å². The van der Waals surface area contributed by atoms with Crippen molar-refractivity contribution >= 4 is 46.1 Å². The lowest BCUT2D eigenvalue weighted by atomic mass is 9.81. The summed E-state index contributed by atoms with van der Waals surface area (Å²) in [6.45, 7) is 12.2. The number of benzene rings is 3. The van der Waals surface area contributed by atoms with Gasteiger partial charge in [-0.1, -0.05) is 45.9 Å². The lowest BCUT2D eigenvalue weighted by Gasteiger charge is -2.33. The monoisotopic (exact) mass is 907 g/mol. The van der Waals surface area contributed by atoms with Gasteiger partial charge in [0.25, 0.3) is 0 Å². The molecule has 66 heavy (non-hydrogen) atoms. The van der Waals surface area contributed by atoms with Gasteiger partial charge in [0.15, 0.2) is 11.6 Å². The van der Waals surface area contributed by atoms with Crippen LogP contribution in [0.4, 0.5) is 14.0 Å². The minimum atomic E-state index is -1.16. The normalized spacial score (nSPS) is 21.9. The molecule has 0 spiro atoms. The van der Waals surface area contributed by atoms with E-state index in [0.29, 0.717) is 37.6 Å².